The van der Waals surface area contributed by atoms with E-state index in [1.54, 1.807) is 18.2 Å². The highest BCUT2D eigenvalue weighted by molar-refractivity contribution is 7.86. The van der Waals surface area contributed by atoms with Crippen molar-refractivity contribution >= 4 is 48.3 Å². The average Bonchev–Trinajstić information content (AvgIpc) is 3.04. The summed E-state index contributed by atoms with van der Waals surface area (Å²) < 4.78 is 78.4. The van der Waals surface area contributed by atoms with Crippen LogP contribution in [0, 0.1) is 55.4 Å². The van der Waals surface area contributed by atoms with Crippen molar-refractivity contribution < 1.29 is 30.4 Å². The summed E-state index contributed by atoms with van der Waals surface area (Å²) in [6.45, 7) is 15.9. The average molecular weight is 711 g/mol. The summed E-state index contributed by atoms with van der Waals surface area (Å²) in [4.78, 5) is 3.90. The zero-order valence-corrected chi connectivity index (χ0v) is 30.7. The number of hydrogen-bond acceptors (Lipinski definition) is 7. The molecule has 0 atom stereocenters. The normalized spacial score (nSPS) is 12.6. The van der Waals surface area contributed by atoms with Crippen LogP contribution in [0.15, 0.2) is 85.9 Å². The first kappa shape index (κ1) is 35.0. The fourth-order valence-corrected chi connectivity index (χ4v) is 7.98. The fourth-order valence-electron chi connectivity index (χ4n) is 6.65. The van der Waals surface area contributed by atoms with Gasteiger partial charge in [-0.1, -0.05) is 30.3 Å². The van der Waals surface area contributed by atoms with E-state index in [0.717, 1.165) is 39.1 Å². The molecule has 1 aliphatic heterocycles. The highest BCUT2D eigenvalue weighted by atomic mass is 32.2. The van der Waals surface area contributed by atoms with E-state index in [9.17, 15) is 25.9 Å². The molecule has 0 fully saturated rings. The highest BCUT2D eigenvalue weighted by Crippen LogP contribution is 2.44. The predicted molar refractivity (Wildman–Crippen MR) is 197 cm³/mol. The minimum absolute atomic E-state index is 0.0535. The Bertz CT molecular complexity index is 2660. The van der Waals surface area contributed by atoms with Crippen molar-refractivity contribution in [3.05, 3.63) is 117 Å². The molecule has 4 aromatic carbocycles. The van der Waals surface area contributed by atoms with E-state index in [2.05, 4.69) is 32.2 Å². The van der Waals surface area contributed by atoms with Crippen LogP contribution in [0.5, 0.6) is 0 Å². The number of fused-ring (bicyclic) bond motifs is 2. The van der Waals surface area contributed by atoms with Crippen molar-refractivity contribution in [3.63, 3.8) is 0 Å². The summed E-state index contributed by atoms with van der Waals surface area (Å²) in [6.07, 6.45) is 0. The lowest BCUT2D eigenvalue weighted by Crippen LogP contribution is -2.16. The second-order valence-electron chi connectivity index (χ2n) is 12.9. The minimum Gasteiger partial charge on any atom is -0.456 e. The van der Waals surface area contributed by atoms with Gasteiger partial charge in [-0.25, -0.2) is 4.99 Å². The van der Waals surface area contributed by atoms with Crippen LogP contribution < -0.4 is 10.7 Å². The van der Waals surface area contributed by atoms with Gasteiger partial charge in [0.2, 0.25) is 0 Å². The molecule has 0 spiro atoms. The van der Waals surface area contributed by atoms with Crippen molar-refractivity contribution in [1.82, 2.24) is 0 Å². The summed E-state index contributed by atoms with van der Waals surface area (Å²) >= 11 is 0. The number of rotatable bonds is 6. The molecule has 4 aromatic rings. The summed E-state index contributed by atoms with van der Waals surface area (Å²) in [6, 6.07) is 18.0. The van der Waals surface area contributed by atoms with Gasteiger partial charge in [0.25, 0.3) is 20.2 Å². The third-order valence-electron chi connectivity index (χ3n) is 9.69. The molecule has 0 radical (unpaired) electrons. The summed E-state index contributed by atoms with van der Waals surface area (Å²) in [5, 5.41) is 3.90. The highest BCUT2D eigenvalue weighted by Gasteiger charge is 2.27. The predicted octanol–water partition coefficient (Wildman–Crippen LogP) is 9.14. The van der Waals surface area contributed by atoms with Gasteiger partial charge in [-0.2, -0.15) is 16.8 Å². The summed E-state index contributed by atoms with van der Waals surface area (Å²) in [7, 11) is -9.57. The molecule has 0 bridgehead atoms. The smallest absolute Gasteiger partial charge is 0.296 e. The quantitative estimate of drug-likeness (QED) is 0.115. The van der Waals surface area contributed by atoms with E-state index in [1.165, 1.54) is 41.5 Å². The lowest BCUT2D eigenvalue weighted by atomic mass is 9.93. The molecule has 6 rings (SSSR count). The molecule has 9 nitrogen and oxygen atoms in total. The molecule has 0 saturated heterocycles. The molecule has 1 heterocycles. The molecule has 0 unspecified atom stereocenters. The van der Waals surface area contributed by atoms with E-state index >= 15 is 0 Å². The van der Waals surface area contributed by atoms with Crippen LogP contribution in [0.2, 0.25) is 0 Å². The van der Waals surface area contributed by atoms with E-state index in [-0.39, 0.29) is 32.7 Å². The van der Waals surface area contributed by atoms with Gasteiger partial charge in [0.1, 0.15) is 21.1 Å². The molecule has 11 heteroatoms. The Morgan fingerprint density at radius 2 is 1.24 bits per heavy atom. The topological polar surface area (TPSA) is 146 Å². The monoisotopic (exact) mass is 710 g/mol. The molecule has 3 N–H and O–H groups in total. The van der Waals surface area contributed by atoms with Gasteiger partial charge >= 0.3 is 0 Å². The van der Waals surface area contributed by atoms with Crippen molar-refractivity contribution in [1.29, 1.82) is 0 Å². The molecule has 1 aliphatic carbocycles. The Morgan fingerprint density at radius 1 is 0.620 bits per heavy atom. The lowest BCUT2D eigenvalue weighted by Gasteiger charge is -2.20. The Kier molecular flexibility index (Phi) is 8.76. The van der Waals surface area contributed by atoms with E-state index in [4.69, 9.17) is 9.41 Å². The van der Waals surface area contributed by atoms with Crippen LogP contribution >= 0.6 is 0 Å². The van der Waals surface area contributed by atoms with Gasteiger partial charge < -0.3 is 9.73 Å². The maximum Gasteiger partial charge on any atom is 0.296 e. The van der Waals surface area contributed by atoms with Crippen LogP contribution in [-0.2, 0) is 20.2 Å². The maximum absolute atomic E-state index is 13.0. The standard InChI is InChI=1S/C39H38N2O7S2/c1-20-15-22(3)38(26(7)24(20)5)40-28-13-14-29-33(17-28)48-34-19-32(41-39-23(4)16-21(2)25(6)27(39)8)36(50(45,46)47)18-31(34)37(29)30-11-9-10-12-35(30)49(42,43)44/h9-19,40H,1-8H3,(H,42,43,44)(H,45,46,47). The Hall–Kier alpha value is -4.81. The molecule has 258 valence electrons. The fraction of sp³-hybridized carbons (Fsp3) is 0.205. The van der Waals surface area contributed by atoms with Crippen LogP contribution in [0.4, 0.5) is 17.1 Å². The minimum atomic E-state index is -4.85. The van der Waals surface area contributed by atoms with Crippen LogP contribution in [0.3, 0.4) is 0 Å². The zero-order valence-electron chi connectivity index (χ0n) is 29.1. The number of nitrogens with one attached hydrogen (secondary N) is 1. The Morgan fingerprint density at radius 3 is 1.90 bits per heavy atom. The molecule has 0 saturated carbocycles. The second kappa shape index (κ2) is 12.5. The van der Waals surface area contributed by atoms with Gasteiger partial charge in [0, 0.05) is 45.6 Å². The van der Waals surface area contributed by atoms with Gasteiger partial charge in [-0.05, 0) is 124 Å². The van der Waals surface area contributed by atoms with Gasteiger partial charge in [-0.15, -0.1) is 0 Å². The number of anilines is 2. The number of benzene rings is 5. The van der Waals surface area contributed by atoms with Crippen LogP contribution in [0.25, 0.3) is 33.4 Å². The first-order chi connectivity index (χ1) is 23.4. The van der Waals surface area contributed by atoms with Gasteiger partial charge in [0.15, 0.2) is 0 Å². The second-order valence-corrected chi connectivity index (χ2v) is 15.7. The Balaban J connectivity index is 1.73. The van der Waals surface area contributed by atoms with E-state index in [0.29, 0.717) is 22.3 Å². The third kappa shape index (κ3) is 6.22. The van der Waals surface area contributed by atoms with Crippen LogP contribution in [0.1, 0.15) is 44.5 Å². The van der Waals surface area contributed by atoms with E-state index in [1.807, 2.05) is 46.8 Å². The molecule has 0 aromatic heterocycles. The molecular formula is C39H38N2O7S2. The lowest BCUT2D eigenvalue weighted by molar-refractivity contribution is 0.480. The van der Waals surface area contributed by atoms with E-state index < -0.39 is 25.1 Å². The zero-order chi connectivity index (χ0) is 36.4. The first-order valence-corrected chi connectivity index (χ1v) is 18.8. The van der Waals surface area contributed by atoms with Crippen LogP contribution in [-0.4, -0.2) is 25.9 Å². The summed E-state index contributed by atoms with van der Waals surface area (Å²) in [5.74, 6) is 0.179. The number of aryl methyl sites for hydroxylation is 4. The third-order valence-corrected chi connectivity index (χ3v) is 11.5. The maximum atomic E-state index is 13.0. The summed E-state index contributed by atoms with van der Waals surface area (Å²) in [5.41, 5.74) is 11.4. The molecular weight excluding hydrogens is 673 g/mol. The SMILES string of the molecule is Cc1cc(C)c(N=c2cc3oc4cc(Nc5c(C)cc(C)c(C)c5C)ccc4c(-c4ccccc4S(=O)(=O)O)c-3cc2S(=O)(=O)O)c(C)c1C. The van der Waals surface area contributed by atoms with Crippen molar-refractivity contribution in [2.45, 2.75) is 65.2 Å². The number of hydrogen-bond donors (Lipinski definition) is 3. The number of nitrogens with zero attached hydrogens (tertiary/aromatic N) is 1. The van der Waals surface area contributed by atoms with Crippen molar-refractivity contribution in [2.24, 2.45) is 4.99 Å². The molecule has 50 heavy (non-hydrogen) atoms. The molecule has 0 amide bonds. The molecule has 2 aliphatic rings. The Labute approximate surface area is 292 Å². The largest absolute Gasteiger partial charge is 0.456 e. The first-order valence-electron chi connectivity index (χ1n) is 15.9. The van der Waals surface area contributed by atoms with Crippen molar-refractivity contribution in [2.75, 3.05) is 5.32 Å². The van der Waals surface area contributed by atoms with Gasteiger partial charge in [-0.3, -0.25) is 9.11 Å². The van der Waals surface area contributed by atoms with Gasteiger partial charge in [0.05, 0.1) is 11.0 Å². The van der Waals surface area contributed by atoms with Crippen molar-refractivity contribution in [3.8, 4) is 22.5 Å².